The molecular weight excluding hydrogens is 340 g/mol. The number of nitrogens with one attached hydrogen (secondary N) is 2. The quantitative estimate of drug-likeness (QED) is 0.663. The summed E-state index contributed by atoms with van der Waals surface area (Å²) in [6.07, 6.45) is 1.55. The van der Waals surface area contributed by atoms with Crippen LogP contribution in [-0.4, -0.2) is 50.9 Å². The number of nitrogens with two attached hydrogens (primary N) is 1. The molecule has 8 nitrogen and oxygen atoms in total. The van der Waals surface area contributed by atoms with Crippen molar-refractivity contribution in [3.05, 3.63) is 17.5 Å². The second kappa shape index (κ2) is 7.86. The predicted molar refractivity (Wildman–Crippen MR) is 86.4 cm³/mol. The lowest BCUT2D eigenvalue weighted by Gasteiger charge is -2.31. The van der Waals surface area contributed by atoms with Crippen LogP contribution in [0.3, 0.4) is 0 Å². The molecule has 128 valence electrons. The van der Waals surface area contributed by atoms with Gasteiger partial charge in [-0.25, -0.2) is 17.9 Å². The molecule has 1 saturated heterocycles. The molecule has 2 heterocycles. The Hall–Kier alpha value is -1.49. The van der Waals surface area contributed by atoms with E-state index >= 15 is 0 Å². The Bertz CT molecular complexity index is 637. The molecule has 23 heavy (non-hydrogen) atoms. The van der Waals surface area contributed by atoms with Crippen LogP contribution < -0.4 is 15.8 Å². The molecule has 1 aromatic heterocycles. The summed E-state index contributed by atoms with van der Waals surface area (Å²) in [5.41, 5.74) is 4.87. The SMILES string of the molecule is NC(=O)NC(=O)CCN1CCC(NS(=O)(=O)c2cccs2)CC1. The van der Waals surface area contributed by atoms with Gasteiger partial charge in [0.1, 0.15) is 4.21 Å². The van der Waals surface area contributed by atoms with Gasteiger partial charge in [0.15, 0.2) is 0 Å². The summed E-state index contributed by atoms with van der Waals surface area (Å²) in [5, 5.41) is 3.75. The van der Waals surface area contributed by atoms with E-state index in [1.807, 2.05) is 5.32 Å². The molecule has 2 rings (SSSR count). The number of rotatable bonds is 6. The Morgan fingerprint density at radius 3 is 2.61 bits per heavy atom. The molecule has 0 saturated carbocycles. The van der Waals surface area contributed by atoms with Gasteiger partial charge in [-0.1, -0.05) is 6.07 Å². The lowest BCUT2D eigenvalue weighted by molar-refractivity contribution is -0.120. The van der Waals surface area contributed by atoms with E-state index in [4.69, 9.17) is 5.73 Å². The summed E-state index contributed by atoms with van der Waals surface area (Å²) < 4.78 is 27.3. The van der Waals surface area contributed by atoms with Crippen LogP contribution in [0.25, 0.3) is 0 Å². The molecule has 0 aliphatic carbocycles. The number of imide groups is 1. The monoisotopic (exact) mass is 360 g/mol. The highest BCUT2D eigenvalue weighted by molar-refractivity contribution is 7.91. The van der Waals surface area contributed by atoms with E-state index in [-0.39, 0.29) is 12.5 Å². The number of urea groups is 1. The van der Waals surface area contributed by atoms with E-state index < -0.39 is 22.0 Å². The Labute approximate surface area is 139 Å². The first-order chi connectivity index (χ1) is 10.9. The highest BCUT2D eigenvalue weighted by Gasteiger charge is 2.25. The Balaban J connectivity index is 1.74. The van der Waals surface area contributed by atoms with Crippen LogP contribution in [0.4, 0.5) is 4.79 Å². The largest absolute Gasteiger partial charge is 0.351 e. The minimum absolute atomic E-state index is 0.0993. The molecular formula is C13H20N4O4S2. The molecule has 0 aromatic carbocycles. The van der Waals surface area contributed by atoms with Gasteiger partial charge in [-0.2, -0.15) is 0 Å². The summed E-state index contributed by atoms with van der Waals surface area (Å²) in [6.45, 7) is 1.91. The molecule has 0 spiro atoms. The van der Waals surface area contributed by atoms with E-state index in [1.165, 1.54) is 11.3 Å². The molecule has 4 N–H and O–H groups in total. The van der Waals surface area contributed by atoms with E-state index in [2.05, 4.69) is 9.62 Å². The number of carbonyl (C=O) groups excluding carboxylic acids is 2. The number of piperidine rings is 1. The van der Waals surface area contributed by atoms with Gasteiger partial charge in [-0.15, -0.1) is 11.3 Å². The van der Waals surface area contributed by atoms with Gasteiger partial charge in [0.2, 0.25) is 15.9 Å². The second-order valence-corrected chi connectivity index (χ2v) is 8.22. The Kier molecular flexibility index (Phi) is 6.10. The van der Waals surface area contributed by atoms with Crippen molar-refractivity contribution in [2.24, 2.45) is 5.73 Å². The van der Waals surface area contributed by atoms with Gasteiger partial charge in [-0.3, -0.25) is 10.1 Å². The van der Waals surface area contributed by atoms with Crippen molar-refractivity contribution in [1.82, 2.24) is 14.9 Å². The molecule has 0 unspecified atom stereocenters. The van der Waals surface area contributed by atoms with E-state index in [0.717, 1.165) is 0 Å². The first-order valence-corrected chi connectivity index (χ1v) is 9.60. The highest BCUT2D eigenvalue weighted by atomic mass is 32.2. The van der Waals surface area contributed by atoms with Crippen molar-refractivity contribution < 1.29 is 18.0 Å². The lowest BCUT2D eigenvalue weighted by atomic mass is 10.1. The lowest BCUT2D eigenvalue weighted by Crippen LogP contribution is -2.45. The maximum atomic E-state index is 12.1. The summed E-state index contributed by atoms with van der Waals surface area (Å²) >= 11 is 1.19. The number of primary amides is 1. The van der Waals surface area contributed by atoms with Crippen LogP contribution in [-0.2, 0) is 14.8 Å². The van der Waals surface area contributed by atoms with Gasteiger partial charge < -0.3 is 10.6 Å². The number of nitrogens with zero attached hydrogens (tertiary/aromatic N) is 1. The van der Waals surface area contributed by atoms with Crippen molar-refractivity contribution in [3.8, 4) is 0 Å². The molecule has 3 amide bonds. The number of amides is 3. The molecule has 0 bridgehead atoms. The maximum Gasteiger partial charge on any atom is 0.318 e. The number of likely N-dealkylation sites (tertiary alicyclic amines) is 1. The van der Waals surface area contributed by atoms with Gasteiger partial charge in [0.25, 0.3) is 0 Å². The van der Waals surface area contributed by atoms with Crippen molar-refractivity contribution in [3.63, 3.8) is 0 Å². The van der Waals surface area contributed by atoms with Gasteiger partial charge >= 0.3 is 6.03 Å². The molecule has 0 atom stereocenters. The summed E-state index contributed by atoms with van der Waals surface area (Å²) in [4.78, 5) is 24.0. The summed E-state index contributed by atoms with van der Waals surface area (Å²) in [5.74, 6) is -0.405. The minimum Gasteiger partial charge on any atom is -0.351 e. The number of thiophene rings is 1. The zero-order valence-corrected chi connectivity index (χ0v) is 14.2. The first kappa shape index (κ1) is 17.9. The second-order valence-electron chi connectivity index (χ2n) is 5.33. The molecule has 0 radical (unpaired) electrons. The summed E-state index contributed by atoms with van der Waals surface area (Å²) in [7, 11) is -3.44. The zero-order valence-electron chi connectivity index (χ0n) is 12.5. The third-order valence-corrected chi connectivity index (χ3v) is 6.51. The van der Waals surface area contributed by atoms with Crippen molar-refractivity contribution in [2.75, 3.05) is 19.6 Å². The smallest absolute Gasteiger partial charge is 0.318 e. The van der Waals surface area contributed by atoms with Crippen molar-refractivity contribution in [1.29, 1.82) is 0 Å². The zero-order chi connectivity index (χ0) is 16.9. The fraction of sp³-hybridized carbons (Fsp3) is 0.538. The number of sulfonamides is 1. The van der Waals surface area contributed by atoms with Crippen molar-refractivity contribution >= 4 is 33.3 Å². The average molecular weight is 360 g/mol. The topological polar surface area (TPSA) is 122 Å². The molecule has 1 fully saturated rings. The van der Waals surface area contributed by atoms with Crippen LogP contribution in [0.2, 0.25) is 0 Å². The predicted octanol–water partition coefficient (Wildman–Crippen LogP) is 0.0758. The number of hydrogen-bond donors (Lipinski definition) is 3. The van der Waals surface area contributed by atoms with E-state index in [1.54, 1.807) is 17.5 Å². The first-order valence-electron chi connectivity index (χ1n) is 7.24. The molecule has 10 heteroatoms. The normalized spacial score (nSPS) is 17.0. The van der Waals surface area contributed by atoms with Crippen LogP contribution in [0.5, 0.6) is 0 Å². The van der Waals surface area contributed by atoms with Crippen LogP contribution in [0.1, 0.15) is 19.3 Å². The highest BCUT2D eigenvalue weighted by Crippen LogP contribution is 2.18. The van der Waals surface area contributed by atoms with E-state index in [0.29, 0.717) is 36.7 Å². The van der Waals surface area contributed by atoms with Crippen LogP contribution in [0.15, 0.2) is 21.7 Å². The van der Waals surface area contributed by atoms with Gasteiger partial charge in [0.05, 0.1) is 0 Å². The number of hydrogen-bond acceptors (Lipinski definition) is 6. The molecule has 1 aromatic rings. The fourth-order valence-electron chi connectivity index (χ4n) is 2.43. The Morgan fingerprint density at radius 1 is 1.35 bits per heavy atom. The van der Waals surface area contributed by atoms with Crippen molar-refractivity contribution in [2.45, 2.75) is 29.5 Å². The third-order valence-electron chi connectivity index (χ3n) is 3.59. The third kappa shape index (κ3) is 5.57. The maximum absolute atomic E-state index is 12.1. The van der Waals surface area contributed by atoms with E-state index in [9.17, 15) is 18.0 Å². The number of carbonyl (C=O) groups is 2. The Morgan fingerprint density at radius 2 is 2.04 bits per heavy atom. The summed E-state index contributed by atoms with van der Waals surface area (Å²) in [6, 6.07) is 2.34. The molecule has 1 aliphatic heterocycles. The average Bonchev–Trinajstić information content (AvgIpc) is 3.00. The van der Waals surface area contributed by atoms with Gasteiger partial charge in [0, 0.05) is 19.0 Å². The van der Waals surface area contributed by atoms with Crippen LogP contribution >= 0.6 is 11.3 Å². The van der Waals surface area contributed by atoms with Gasteiger partial charge in [-0.05, 0) is 37.4 Å². The standard InChI is InChI=1S/C13H20N4O4S2/c14-13(19)15-11(18)5-8-17-6-3-10(4-7-17)16-23(20,21)12-2-1-9-22-12/h1-2,9-10,16H,3-8H2,(H3,14,15,18,19). The van der Waals surface area contributed by atoms with Crippen LogP contribution in [0, 0.1) is 0 Å². The minimum atomic E-state index is -3.44. The fourth-order valence-corrected chi connectivity index (χ4v) is 4.74. The molecule has 1 aliphatic rings.